The number of nitrogens with zero attached hydrogens (tertiary/aromatic N) is 2. The number of rotatable bonds is 10. The van der Waals surface area contributed by atoms with Crippen molar-refractivity contribution in [3.63, 3.8) is 0 Å². The van der Waals surface area contributed by atoms with Crippen LogP contribution in [0.25, 0.3) is 0 Å². The number of amides is 1. The van der Waals surface area contributed by atoms with Crippen molar-refractivity contribution < 1.29 is 9.21 Å². The van der Waals surface area contributed by atoms with Gasteiger partial charge in [-0.2, -0.15) is 0 Å². The number of carbonyl (C=O) groups excluding carboxylic acids is 1. The van der Waals surface area contributed by atoms with Crippen molar-refractivity contribution in [1.29, 1.82) is 0 Å². The van der Waals surface area contributed by atoms with Gasteiger partial charge in [-0.05, 0) is 45.0 Å². The monoisotopic (exact) mass is 385 g/mol. The van der Waals surface area contributed by atoms with Gasteiger partial charge in [-0.15, -0.1) is 0 Å². The first-order chi connectivity index (χ1) is 13.5. The number of hydrogen-bond acceptors (Lipinski definition) is 4. The normalized spacial score (nSPS) is 12.8. The summed E-state index contributed by atoms with van der Waals surface area (Å²) in [5.41, 5.74) is 6.51. The van der Waals surface area contributed by atoms with Gasteiger partial charge in [0.25, 0.3) is 5.91 Å². The molecule has 0 fully saturated rings. The Kier molecular flexibility index (Phi) is 8.55. The molecule has 0 radical (unpaired) electrons. The SMILES string of the molecule is CCNC(=NCc1ccc(C(N)=O)o1)NCCC(C)N(C)Cc1ccccc1. The van der Waals surface area contributed by atoms with Gasteiger partial charge in [0.2, 0.25) is 0 Å². The van der Waals surface area contributed by atoms with Crippen molar-refractivity contribution in [2.45, 2.75) is 39.4 Å². The van der Waals surface area contributed by atoms with E-state index in [1.165, 1.54) is 5.56 Å². The summed E-state index contributed by atoms with van der Waals surface area (Å²) < 4.78 is 5.36. The van der Waals surface area contributed by atoms with Gasteiger partial charge < -0.3 is 20.8 Å². The Bertz CT molecular complexity index is 757. The van der Waals surface area contributed by atoms with Crippen LogP contribution in [0.3, 0.4) is 0 Å². The zero-order valence-electron chi connectivity index (χ0n) is 16.9. The average molecular weight is 386 g/mol. The molecule has 4 N–H and O–H groups in total. The van der Waals surface area contributed by atoms with Crippen LogP contribution in [0.4, 0.5) is 0 Å². The maximum atomic E-state index is 11.1. The van der Waals surface area contributed by atoms with E-state index >= 15 is 0 Å². The zero-order valence-corrected chi connectivity index (χ0v) is 16.9. The van der Waals surface area contributed by atoms with E-state index in [9.17, 15) is 4.79 Å². The Labute approximate surface area is 167 Å². The van der Waals surface area contributed by atoms with Crippen LogP contribution in [0.2, 0.25) is 0 Å². The number of nitrogens with two attached hydrogens (primary N) is 1. The number of aliphatic imine (C=N–C) groups is 1. The highest BCUT2D eigenvalue weighted by Crippen LogP contribution is 2.09. The largest absolute Gasteiger partial charge is 0.454 e. The van der Waals surface area contributed by atoms with Crippen LogP contribution in [0.1, 0.15) is 42.1 Å². The number of benzene rings is 1. The molecule has 1 unspecified atom stereocenters. The van der Waals surface area contributed by atoms with E-state index < -0.39 is 5.91 Å². The number of primary amides is 1. The molecule has 2 rings (SSSR count). The molecule has 0 aliphatic heterocycles. The van der Waals surface area contributed by atoms with Crippen molar-refractivity contribution >= 4 is 11.9 Å². The molecule has 7 nitrogen and oxygen atoms in total. The Morgan fingerprint density at radius 3 is 2.61 bits per heavy atom. The smallest absolute Gasteiger partial charge is 0.284 e. The molecule has 0 saturated carbocycles. The molecule has 1 aromatic heterocycles. The summed E-state index contributed by atoms with van der Waals surface area (Å²) in [6.07, 6.45) is 0.986. The molecule has 0 saturated heterocycles. The fourth-order valence-electron chi connectivity index (χ4n) is 2.74. The second kappa shape index (κ2) is 11.1. The molecular weight excluding hydrogens is 354 g/mol. The number of furan rings is 1. The third kappa shape index (κ3) is 7.08. The van der Waals surface area contributed by atoms with Crippen molar-refractivity contribution in [3.8, 4) is 0 Å². The lowest BCUT2D eigenvalue weighted by molar-refractivity contribution is 0.0972. The molecule has 152 valence electrons. The minimum absolute atomic E-state index is 0.151. The van der Waals surface area contributed by atoms with Gasteiger partial charge in [0, 0.05) is 25.7 Å². The first kappa shape index (κ1) is 21.5. The van der Waals surface area contributed by atoms with Crippen molar-refractivity contribution in [3.05, 3.63) is 59.5 Å². The minimum Gasteiger partial charge on any atom is -0.454 e. The van der Waals surface area contributed by atoms with E-state index in [-0.39, 0.29) is 5.76 Å². The first-order valence-electron chi connectivity index (χ1n) is 9.64. The maximum Gasteiger partial charge on any atom is 0.284 e. The number of hydrogen-bond donors (Lipinski definition) is 3. The van der Waals surface area contributed by atoms with Crippen LogP contribution in [0, 0.1) is 0 Å². The molecule has 0 aliphatic carbocycles. The van der Waals surface area contributed by atoms with Gasteiger partial charge in [0.05, 0.1) is 0 Å². The summed E-state index contributed by atoms with van der Waals surface area (Å²) in [5.74, 6) is 0.895. The van der Waals surface area contributed by atoms with E-state index in [4.69, 9.17) is 10.2 Å². The van der Waals surface area contributed by atoms with E-state index in [0.29, 0.717) is 18.3 Å². The van der Waals surface area contributed by atoms with Gasteiger partial charge in [0.1, 0.15) is 12.3 Å². The Hall–Kier alpha value is -2.80. The molecule has 2 aromatic rings. The Balaban J connectivity index is 1.80. The van der Waals surface area contributed by atoms with Crippen LogP contribution in [0.15, 0.2) is 51.9 Å². The second-order valence-corrected chi connectivity index (χ2v) is 6.79. The van der Waals surface area contributed by atoms with Crippen LogP contribution in [0.5, 0.6) is 0 Å². The topological polar surface area (TPSA) is 95.9 Å². The summed E-state index contributed by atoms with van der Waals surface area (Å²) >= 11 is 0. The van der Waals surface area contributed by atoms with Crippen molar-refractivity contribution in [2.75, 3.05) is 20.1 Å². The second-order valence-electron chi connectivity index (χ2n) is 6.79. The Morgan fingerprint density at radius 1 is 1.21 bits per heavy atom. The Morgan fingerprint density at radius 2 is 1.96 bits per heavy atom. The summed E-state index contributed by atoms with van der Waals surface area (Å²) in [7, 11) is 2.14. The summed E-state index contributed by atoms with van der Waals surface area (Å²) in [4.78, 5) is 17.9. The lowest BCUT2D eigenvalue weighted by Crippen LogP contribution is -2.40. The molecule has 0 bridgehead atoms. The van der Waals surface area contributed by atoms with Crippen LogP contribution in [-0.2, 0) is 13.1 Å². The van der Waals surface area contributed by atoms with Gasteiger partial charge in [0.15, 0.2) is 11.7 Å². The van der Waals surface area contributed by atoms with Gasteiger partial charge in [-0.1, -0.05) is 30.3 Å². The molecule has 7 heteroatoms. The fraction of sp³-hybridized carbons (Fsp3) is 0.429. The molecule has 1 atom stereocenters. The minimum atomic E-state index is -0.575. The summed E-state index contributed by atoms with van der Waals surface area (Å²) in [6, 6.07) is 14.2. The highest BCUT2D eigenvalue weighted by atomic mass is 16.3. The van der Waals surface area contributed by atoms with E-state index in [0.717, 1.165) is 32.0 Å². The molecule has 0 aliphatic rings. The fourth-order valence-corrected chi connectivity index (χ4v) is 2.74. The molecule has 1 heterocycles. The maximum absolute atomic E-state index is 11.1. The number of nitrogens with one attached hydrogen (secondary N) is 2. The van der Waals surface area contributed by atoms with Crippen LogP contribution in [-0.4, -0.2) is 42.9 Å². The first-order valence-corrected chi connectivity index (χ1v) is 9.64. The lowest BCUT2D eigenvalue weighted by atomic mass is 10.1. The molecule has 28 heavy (non-hydrogen) atoms. The van der Waals surface area contributed by atoms with E-state index in [2.05, 4.69) is 58.8 Å². The van der Waals surface area contributed by atoms with Gasteiger partial charge in [-0.3, -0.25) is 9.69 Å². The lowest BCUT2D eigenvalue weighted by Gasteiger charge is -2.25. The van der Waals surface area contributed by atoms with Gasteiger partial charge in [-0.25, -0.2) is 4.99 Å². The number of guanidine groups is 1. The predicted octanol–water partition coefficient (Wildman–Crippen LogP) is 2.34. The third-order valence-electron chi connectivity index (χ3n) is 4.52. The molecule has 1 aromatic carbocycles. The molecule has 1 amide bonds. The summed E-state index contributed by atoms with van der Waals surface area (Å²) in [5, 5.41) is 6.57. The highest BCUT2D eigenvalue weighted by molar-refractivity contribution is 5.89. The zero-order chi connectivity index (χ0) is 20.4. The predicted molar refractivity (Wildman–Crippen MR) is 112 cm³/mol. The average Bonchev–Trinajstić information content (AvgIpc) is 3.16. The van der Waals surface area contributed by atoms with Crippen LogP contribution >= 0.6 is 0 Å². The third-order valence-corrected chi connectivity index (χ3v) is 4.52. The molecular formula is C21H31N5O2. The standard InChI is InChI=1S/C21H31N5O2/c1-4-23-21(25-14-18-10-11-19(28-18)20(22)27)24-13-12-16(2)26(3)15-17-8-6-5-7-9-17/h5-11,16H,4,12-15H2,1-3H3,(H2,22,27)(H2,23,24,25). The van der Waals surface area contributed by atoms with Crippen LogP contribution < -0.4 is 16.4 Å². The highest BCUT2D eigenvalue weighted by Gasteiger charge is 2.10. The molecule has 0 spiro atoms. The quantitative estimate of drug-likeness (QED) is 0.431. The van der Waals surface area contributed by atoms with Crippen molar-refractivity contribution in [1.82, 2.24) is 15.5 Å². The van der Waals surface area contributed by atoms with E-state index in [1.807, 2.05) is 13.0 Å². The van der Waals surface area contributed by atoms with Crippen molar-refractivity contribution in [2.24, 2.45) is 10.7 Å². The van der Waals surface area contributed by atoms with E-state index in [1.54, 1.807) is 12.1 Å². The summed E-state index contributed by atoms with van der Waals surface area (Å²) in [6.45, 7) is 7.08. The van der Waals surface area contributed by atoms with Gasteiger partial charge >= 0.3 is 0 Å². The number of carbonyl (C=O) groups is 1.